The number of rotatable bonds is 6. The second-order valence-electron chi connectivity index (χ2n) is 6.50. The van der Waals surface area contributed by atoms with Gasteiger partial charge in [-0.3, -0.25) is 0 Å². The summed E-state index contributed by atoms with van der Waals surface area (Å²) < 4.78 is 6.89. The monoisotopic (exact) mass is 337 g/mol. The van der Waals surface area contributed by atoms with Gasteiger partial charge in [-0.05, 0) is 62.3 Å². The Morgan fingerprint density at radius 3 is 2.90 bits per heavy atom. The minimum atomic E-state index is 0.772. The highest BCUT2D eigenvalue weighted by atomic mass is 79.9. The van der Waals surface area contributed by atoms with Gasteiger partial charge < -0.3 is 9.64 Å². The molecule has 0 aliphatic heterocycles. The van der Waals surface area contributed by atoms with Crippen LogP contribution in [0.15, 0.2) is 28.7 Å². The summed E-state index contributed by atoms with van der Waals surface area (Å²) in [6.45, 7) is 3.04. The van der Waals surface area contributed by atoms with E-state index >= 15 is 0 Å². The highest BCUT2D eigenvalue weighted by Crippen LogP contribution is 2.48. The van der Waals surface area contributed by atoms with Crippen LogP contribution in [0.5, 0.6) is 5.75 Å². The van der Waals surface area contributed by atoms with E-state index in [0.717, 1.165) is 41.1 Å². The maximum absolute atomic E-state index is 5.81. The predicted molar refractivity (Wildman–Crippen MR) is 86.1 cm³/mol. The van der Waals surface area contributed by atoms with Crippen molar-refractivity contribution in [2.45, 2.75) is 25.7 Å². The SMILES string of the molecule is CN(CCOc1cccc(Br)c1)CC1CC2CCC1C2. The average Bonchev–Trinajstić information content (AvgIpc) is 3.01. The van der Waals surface area contributed by atoms with E-state index in [1.54, 1.807) is 0 Å². The van der Waals surface area contributed by atoms with Crippen molar-refractivity contribution in [2.75, 3.05) is 26.7 Å². The van der Waals surface area contributed by atoms with E-state index in [1.165, 1.54) is 32.2 Å². The molecule has 3 heteroatoms. The normalized spacial score (nSPS) is 28.2. The van der Waals surface area contributed by atoms with Crippen molar-refractivity contribution < 1.29 is 4.74 Å². The third-order valence-corrected chi connectivity index (χ3v) is 5.46. The van der Waals surface area contributed by atoms with Gasteiger partial charge in [-0.15, -0.1) is 0 Å². The minimum absolute atomic E-state index is 0.772. The molecule has 0 spiro atoms. The molecule has 3 unspecified atom stereocenters. The number of halogens is 1. The van der Waals surface area contributed by atoms with Crippen molar-refractivity contribution >= 4 is 15.9 Å². The lowest BCUT2D eigenvalue weighted by atomic mass is 9.88. The molecule has 0 N–H and O–H groups in total. The fraction of sp³-hybridized carbons (Fsp3) is 0.647. The Bertz CT molecular complexity index is 450. The first-order valence-electron chi connectivity index (χ1n) is 7.77. The van der Waals surface area contributed by atoms with Gasteiger partial charge in [0.1, 0.15) is 12.4 Å². The van der Waals surface area contributed by atoms with Crippen molar-refractivity contribution in [1.29, 1.82) is 0 Å². The van der Waals surface area contributed by atoms with Crippen molar-refractivity contribution in [3.8, 4) is 5.75 Å². The second-order valence-corrected chi connectivity index (χ2v) is 7.42. The van der Waals surface area contributed by atoms with Crippen LogP contribution >= 0.6 is 15.9 Å². The summed E-state index contributed by atoms with van der Waals surface area (Å²) in [4.78, 5) is 2.45. The summed E-state index contributed by atoms with van der Waals surface area (Å²) in [6.07, 6.45) is 5.96. The molecule has 0 amide bonds. The topological polar surface area (TPSA) is 12.5 Å². The molecule has 1 aromatic rings. The Morgan fingerprint density at radius 1 is 1.30 bits per heavy atom. The van der Waals surface area contributed by atoms with Crippen LogP contribution in [0.25, 0.3) is 0 Å². The molecule has 0 radical (unpaired) electrons. The molecule has 2 aliphatic rings. The molecular weight excluding hydrogens is 314 g/mol. The van der Waals surface area contributed by atoms with E-state index in [4.69, 9.17) is 4.74 Å². The van der Waals surface area contributed by atoms with E-state index < -0.39 is 0 Å². The van der Waals surface area contributed by atoms with Crippen LogP contribution in [-0.2, 0) is 0 Å². The lowest BCUT2D eigenvalue weighted by Gasteiger charge is -2.27. The Labute approximate surface area is 130 Å². The molecule has 2 saturated carbocycles. The molecule has 2 bridgehead atoms. The average molecular weight is 338 g/mol. The van der Waals surface area contributed by atoms with E-state index in [9.17, 15) is 0 Å². The van der Waals surface area contributed by atoms with Crippen molar-refractivity contribution in [3.63, 3.8) is 0 Å². The van der Waals surface area contributed by atoms with E-state index in [2.05, 4.69) is 27.9 Å². The summed E-state index contributed by atoms with van der Waals surface area (Å²) in [5.74, 6) is 3.97. The maximum atomic E-state index is 5.81. The Kier molecular flexibility index (Phi) is 4.67. The van der Waals surface area contributed by atoms with Gasteiger partial charge in [0, 0.05) is 17.6 Å². The zero-order chi connectivity index (χ0) is 13.9. The predicted octanol–water partition coefficient (Wildman–Crippen LogP) is 4.20. The zero-order valence-corrected chi connectivity index (χ0v) is 13.8. The van der Waals surface area contributed by atoms with Crippen LogP contribution in [-0.4, -0.2) is 31.6 Å². The molecule has 3 atom stereocenters. The molecule has 0 aromatic heterocycles. The van der Waals surface area contributed by atoms with Gasteiger partial charge in [-0.2, -0.15) is 0 Å². The number of nitrogens with zero attached hydrogens (tertiary/aromatic N) is 1. The number of benzene rings is 1. The van der Waals surface area contributed by atoms with Crippen LogP contribution < -0.4 is 4.74 Å². The van der Waals surface area contributed by atoms with Gasteiger partial charge in [0.2, 0.25) is 0 Å². The van der Waals surface area contributed by atoms with Gasteiger partial charge in [-0.25, -0.2) is 0 Å². The van der Waals surface area contributed by atoms with Crippen LogP contribution in [0, 0.1) is 17.8 Å². The van der Waals surface area contributed by atoms with E-state index in [1.807, 2.05) is 24.3 Å². The fourth-order valence-electron chi connectivity index (χ4n) is 3.97. The summed E-state index contributed by atoms with van der Waals surface area (Å²) in [5.41, 5.74) is 0. The van der Waals surface area contributed by atoms with Crippen LogP contribution in [0.4, 0.5) is 0 Å². The van der Waals surface area contributed by atoms with Crippen LogP contribution in [0.2, 0.25) is 0 Å². The van der Waals surface area contributed by atoms with Gasteiger partial charge in [0.05, 0.1) is 0 Å². The van der Waals surface area contributed by atoms with Crippen LogP contribution in [0.1, 0.15) is 25.7 Å². The third kappa shape index (κ3) is 3.56. The molecule has 1 aromatic carbocycles. The van der Waals surface area contributed by atoms with E-state index in [-0.39, 0.29) is 0 Å². The first-order chi connectivity index (χ1) is 9.70. The molecular formula is C17H24BrNO. The number of likely N-dealkylation sites (N-methyl/N-ethyl adjacent to an activating group) is 1. The molecule has 2 nitrogen and oxygen atoms in total. The van der Waals surface area contributed by atoms with Crippen LogP contribution in [0.3, 0.4) is 0 Å². The fourth-order valence-corrected chi connectivity index (χ4v) is 4.35. The molecule has 3 rings (SSSR count). The maximum Gasteiger partial charge on any atom is 0.120 e. The molecule has 2 aliphatic carbocycles. The summed E-state index contributed by atoms with van der Waals surface area (Å²) in [7, 11) is 2.23. The smallest absolute Gasteiger partial charge is 0.120 e. The lowest BCUT2D eigenvalue weighted by Crippen LogP contribution is -2.31. The van der Waals surface area contributed by atoms with Crippen molar-refractivity contribution in [3.05, 3.63) is 28.7 Å². The first-order valence-corrected chi connectivity index (χ1v) is 8.57. The van der Waals surface area contributed by atoms with Gasteiger partial charge in [0.15, 0.2) is 0 Å². The van der Waals surface area contributed by atoms with E-state index in [0.29, 0.717) is 0 Å². The van der Waals surface area contributed by atoms with Crippen molar-refractivity contribution in [1.82, 2.24) is 4.90 Å². The Hall–Kier alpha value is -0.540. The summed E-state index contributed by atoms with van der Waals surface area (Å²) in [6, 6.07) is 8.07. The zero-order valence-electron chi connectivity index (χ0n) is 12.2. The standard InChI is InChI=1S/C17H24BrNO/c1-19(12-15-10-13-5-6-14(15)9-13)7-8-20-17-4-2-3-16(18)11-17/h2-4,11,13-15H,5-10,12H2,1H3. The first kappa shape index (κ1) is 14.4. The highest BCUT2D eigenvalue weighted by Gasteiger charge is 2.39. The molecule has 20 heavy (non-hydrogen) atoms. The third-order valence-electron chi connectivity index (χ3n) is 4.97. The molecule has 0 heterocycles. The summed E-state index contributed by atoms with van der Waals surface area (Å²) >= 11 is 3.47. The lowest BCUT2D eigenvalue weighted by molar-refractivity contribution is 0.187. The van der Waals surface area contributed by atoms with Gasteiger partial charge >= 0.3 is 0 Å². The molecule has 110 valence electrons. The summed E-state index contributed by atoms with van der Waals surface area (Å²) in [5, 5.41) is 0. The minimum Gasteiger partial charge on any atom is -0.492 e. The largest absolute Gasteiger partial charge is 0.492 e. The second kappa shape index (κ2) is 6.48. The Balaban J connectivity index is 1.38. The van der Waals surface area contributed by atoms with Gasteiger partial charge in [0.25, 0.3) is 0 Å². The van der Waals surface area contributed by atoms with Crippen molar-refractivity contribution in [2.24, 2.45) is 17.8 Å². The Morgan fingerprint density at radius 2 is 2.20 bits per heavy atom. The highest BCUT2D eigenvalue weighted by molar-refractivity contribution is 9.10. The molecule has 0 saturated heterocycles. The number of hydrogen-bond donors (Lipinski definition) is 0. The number of fused-ring (bicyclic) bond motifs is 2. The quantitative estimate of drug-likeness (QED) is 0.771. The number of hydrogen-bond acceptors (Lipinski definition) is 2. The number of ether oxygens (including phenoxy) is 1. The molecule has 2 fully saturated rings. The van der Waals surface area contributed by atoms with Gasteiger partial charge in [-0.1, -0.05) is 28.4 Å².